The summed E-state index contributed by atoms with van der Waals surface area (Å²) in [5.41, 5.74) is 6.66. The largest absolute Gasteiger partial charge is 0.416 e. The van der Waals surface area contributed by atoms with E-state index >= 15 is 0 Å². The Balaban J connectivity index is 0.000000186. The fourth-order valence-corrected chi connectivity index (χ4v) is 4.51. The molecule has 1 saturated heterocycles. The van der Waals surface area contributed by atoms with Crippen LogP contribution in [0.5, 0.6) is 0 Å². The van der Waals surface area contributed by atoms with E-state index in [0.717, 1.165) is 31.6 Å². The molecule has 2 aromatic heterocycles. The van der Waals surface area contributed by atoms with Gasteiger partial charge >= 0.3 is 6.18 Å². The number of nitrogen functional groups attached to an aromatic ring is 1. The predicted molar refractivity (Wildman–Crippen MR) is 146 cm³/mol. The van der Waals surface area contributed by atoms with E-state index in [9.17, 15) is 22.8 Å². The van der Waals surface area contributed by atoms with Crippen molar-refractivity contribution in [1.82, 2.24) is 20.0 Å². The Morgan fingerprint density at radius 3 is 2.74 bits per heavy atom. The molecule has 2 aliphatic rings. The molecule has 0 bridgehead atoms. The van der Waals surface area contributed by atoms with Gasteiger partial charge in [-0.3, -0.25) is 9.59 Å². The highest BCUT2D eigenvalue weighted by molar-refractivity contribution is 7.81. The summed E-state index contributed by atoms with van der Waals surface area (Å²) >= 11 is 10.2. The molecule has 3 N–H and O–H groups in total. The SMILES string of the molecule is CN(/C=N\n1ccc(Cl)c1C=O)c1cccc(C(F)(F)F)c1.Nc1nc2c(c(N3CCC(S)C3)n1)C(=O)NC2. The molecule has 4 heterocycles. The lowest BCUT2D eigenvalue weighted by Gasteiger charge is -2.19. The van der Waals surface area contributed by atoms with Gasteiger partial charge in [0.2, 0.25) is 5.95 Å². The Morgan fingerprint density at radius 2 is 2.08 bits per heavy atom. The first-order valence-electron chi connectivity index (χ1n) is 11.6. The summed E-state index contributed by atoms with van der Waals surface area (Å²) in [7, 11) is 1.55. The van der Waals surface area contributed by atoms with Gasteiger partial charge < -0.3 is 20.9 Å². The summed E-state index contributed by atoms with van der Waals surface area (Å²) < 4.78 is 39.3. The quantitative estimate of drug-likeness (QED) is 0.182. The Morgan fingerprint density at radius 1 is 1.31 bits per heavy atom. The summed E-state index contributed by atoms with van der Waals surface area (Å²) in [6.07, 6.45) is -0.110. The molecule has 10 nitrogen and oxygen atoms in total. The van der Waals surface area contributed by atoms with Crippen molar-refractivity contribution in [3.05, 3.63) is 64.1 Å². The second-order valence-electron chi connectivity index (χ2n) is 8.70. The minimum atomic E-state index is -4.41. The number of carbonyl (C=O) groups excluding carboxylic acids is 2. The van der Waals surface area contributed by atoms with Crippen LogP contribution in [0.25, 0.3) is 0 Å². The van der Waals surface area contributed by atoms with Gasteiger partial charge in [-0.25, -0.2) is 9.66 Å². The molecule has 0 spiro atoms. The molecule has 1 amide bonds. The van der Waals surface area contributed by atoms with Gasteiger partial charge in [-0.1, -0.05) is 17.7 Å². The third-order valence-corrected chi connectivity index (χ3v) is 6.72. The molecule has 0 aliphatic carbocycles. The molecule has 206 valence electrons. The number of hydrogen-bond donors (Lipinski definition) is 3. The van der Waals surface area contributed by atoms with Gasteiger partial charge in [-0.05, 0) is 30.7 Å². The summed E-state index contributed by atoms with van der Waals surface area (Å²) in [6, 6.07) is 6.32. The number of amides is 1. The Bertz CT molecular complexity index is 1410. The zero-order chi connectivity index (χ0) is 28.3. The van der Waals surface area contributed by atoms with E-state index < -0.39 is 11.7 Å². The van der Waals surface area contributed by atoms with E-state index in [2.05, 4.69) is 37.9 Å². The highest BCUT2D eigenvalue weighted by atomic mass is 35.5. The van der Waals surface area contributed by atoms with Crippen LogP contribution in [0.2, 0.25) is 5.02 Å². The third-order valence-electron chi connectivity index (χ3n) is 5.98. The van der Waals surface area contributed by atoms with Crippen LogP contribution in [0.4, 0.5) is 30.6 Å². The lowest BCUT2D eigenvalue weighted by molar-refractivity contribution is -0.137. The molecular formula is C24H24ClF3N8O2S. The monoisotopic (exact) mass is 580 g/mol. The minimum Gasteiger partial charge on any atom is -0.368 e. The van der Waals surface area contributed by atoms with Crippen molar-refractivity contribution < 1.29 is 22.8 Å². The van der Waals surface area contributed by atoms with Crippen molar-refractivity contribution >= 4 is 60.2 Å². The van der Waals surface area contributed by atoms with E-state index in [-0.39, 0.29) is 22.6 Å². The molecule has 1 atom stereocenters. The first-order chi connectivity index (χ1) is 18.5. The van der Waals surface area contributed by atoms with Crippen LogP contribution < -0.4 is 20.9 Å². The lowest BCUT2D eigenvalue weighted by Crippen LogP contribution is -2.25. The summed E-state index contributed by atoms with van der Waals surface area (Å²) in [5, 5.41) is 7.30. The summed E-state index contributed by atoms with van der Waals surface area (Å²) in [6.45, 7) is 2.08. The zero-order valence-corrected chi connectivity index (χ0v) is 22.2. The average Bonchev–Trinajstić information content (AvgIpc) is 3.60. The molecule has 3 aromatic rings. The molecule has 2 aliphatic heterocycles. The van der Waals surface area contributed by atoms with Gasteiger partial charge in [0.05, 0.1) is 22.8 Å². The van der Waals surface area contributed by atoms with Crippen LogP contribution >= 0.6 is 24.2 Å². The minimum absolute atomic E-state index is 0.113. The van der Waals surface area contributed by atoms with Crippen LogP contribution in [0.3, 0.4) is 0 Å². The second-order valence-corrected chi connectivity index (χ2v) is 9.84. The van der Waals surface area contributed by atoms with Gasteiger partial charge in [0.15, 0.2) is 6.29 Å². The summed E-state index contributed by atoms with van der Waals surface area (Å²) in [5.74, 6) is 0.759. The van der Waals surface area contributed by atoms with Gasteiger partial charge in [0, 0.05) is 37.3 Å². The summed E-state index contributed by atoms with van der Waals surface area (Å²) in [4.78, 5) is 34.4. The van der Waals surface area contributed by atoms with Crippen molar-refractivity contribution in [2.45, 2.75) is 24.4 Å². The maximum atomic E-state index is 12.7. The number of aldehydes is 1. The first kappa shape index (κ1) is 28.2. The Hall–Kier alpha value is -3.78. The number of fused-ring (bicyclic) bond motifs is 1. The van der Waals surface area contributed by atoms with E-state index in [1.807, 2.05) is 0 Å². The molecule has 1 unspecified atom stereocenters. The number of nitrogens with two attached hydrogens (primary N) is 1. The number of carbonyl (C=O) groups is 2. The number of rotatable bonds is 5. The van der Waals surface area contributed by atoms with Crippen molar-refractivity contribution in [1.29, 1.82) is 0 Å². The number of aromatic nitrogens is 3. The lowest BCUT2D eigenvalue weighted by atomic mass is 10.2. The van der Waals surface area contributed by atoms with Crippen molar-refractivity contribution in [2.75, 3.05) is 35.7 Å². The third kappa shape index (κ3) is 6.45. The molecule has 0 saturated carbocycles. The first-order valence-corrected chi connectivity index (χ1v) is 12.5. The zero-order valence-electron chi connectivity index (χ0n) is 20.6. The van der Waals surface area contributed by atoms with E-state index in [0.29, 0.717) is 40.8 Å². The van der Waals surface area contributed by atoms with Gasteiger partial charge in [-0.15, -0.1) is 0 Å². The molecule has 1 fully saturated rings. The Labute approximate surface area is 232 Å². The van der Waals surface area contributed by atoms with E-state index in [4.69, 9.17) is 17.3 Å². The normalized spacial score (nSPS) is 16.6. The molecule has 39 heavy (non-hydrogen) atoms. The fraction of sp³-hybridized carbons (Fsp3) is 0.292. The maximum Gasteiger partial charge on any atom is 0.416 e. The van der Waals surface area contributed by atoms with Crippen LogP contribution in [-0.2, 0) is 12.7 Å². The number of alkyl halides is 3. The van der Waals surface area contributed by atoms with Crippen molar-refractivity contribution in [3.63, 3.8) is 0 Å². The molecular weight excluding hydrogens is 557 g/mol. The molecule has 5 rings (SSSR count). The highest BCUT2D eigenvalue weighted by Crippen LogP contribution is 2.31. The number of thiol groups is 1. The van der Waals surface area contributed by atoms with Crippen LogP contribution in [0.15, 0.2) is 41.6 Å². The van der Waals surface area contributed by atoms with Crippen molar-refractivity contribution in [2.24, 2.45) is 5.10 Å². The number of hydrogen-bond acceptors (Lipinski definition) is 8. The number of nitrogens with zero attached hydrogens (tertiary/aromatic N) is 6. The number of benzene rings is 1. The predicted octanol–water partition coefficient (Wildman–Crippen LogP) is 3.71. The van der Waals surface area contributed by atoms with Gasteiger partial charge in [0.1, 0.15) is 23.4 Å². The van der Waals surface area contributed by atoms with E-state index in [1.165, 1.54) is 40.3 Å². The van der Waals surface area contributed by atoms with Crippen LogP contribution in [0.1, 0.15) is 38.5 Å². The topological polar surface area (TPSA) is 122 Å². The highest BCUT2D eigenvalue weighted by Gasteiger charge is 2.32. The molecule has 0 radical (unpaired) electrons. The van der Waals surface area contributed by atoms with Gasteiger partial charge in [0.25, 0.3) is 5.91 Å². The second kappa shape index (κ2) is 11.5. The van der Waals surface area contributed by atoms with Crippen LogP contribution in [0, 0.1) is 0 Å². The fourth-order valence-electron chi connectivity index (χ4n) is 4.01. The smallest absolute Gasteiger partial charge is 0.368 e. The number of anilines is 3. The van der Waals surface area contributed by atoms with E-state index in [1.54, 1.807) is 7.05 Å². The number of nitrogens with one attached hydrogen (secondary N) is 1. The number of halogens is 4. The van der Waals surface area contributed by atoms with Gasteiger partial charge in [-0.2, -0.15) is 35.9 Å². The molecule has 15 heteroatoms. The van der Waals surface area contributed by atoms with Crippen LogP contribution in [-0.4, -0.2) is 58.6 Å². The average molecular weight is 581 g/mol. The molecule has 1 aromatic carbocycles. The maximum absolute atomic E-state index is 12.7. The van der Waals surface area contributed by atoms with Crippen molar-refractivity contribution in [3.8, 4) is 0 Å². The standard InChI is InChI=1S/C14H11ClF3N3O.C10H13N5OS/c1-20(9-19-21-6-5-12(15)13(21)8-22)11-4-2-3-10(7-11)14(16,17)18;11-10-13-6-3-12-9(16)7(6)8(14-10)15-2-1-5(17)4-15/h2-9H,1H3;5,17H,1-4H2,(H,12,16)(H2,11,13,14)/b19-9-;. The Kier molecular flexibility index (Phi) is 8.35.